The fraction of sp³-hybridized carbons (Fsp3) is 0.286. The molecule has 26 heavy (non-hydrogen) atoms. The van der Waals surface area contributed by atoms with Crippen LogP contribution in [-0.4, -0.2) is 15.7 Å². The largest absolute Gasteiger partial charge is 0.344 e. The molecule has 0 radical (unpaired) electrons. The Balaban J connectivity index is 1.72. The number of rotatable bonds is 2. The lowest BCUT2D eigenvalue weighted by atomic mass is 9.87. The summed E-state index contributed by atoms with van der Waals surface area (Å²) in [5.41, 5.74) is 3.74. The van der Waals surface area contributed by atoms with Crippen LogP contribution in [0.15, 0.2) is 47.3 Å². The lowest BCUT2D eigenvalue weighted by Crippen LogP contribution is -2.35. The SMILES string of the molecule is Cc1ccc2c(c1)c(=O)c(C(=O)NC1CCCc3ccccc31)nn2C. The summed E-state index contributed by atoms with van der Waals surface area (Å²) in [5.74, 6) is -0.407. The lowest BCUT2D eigenvalue weighted by Gasteiger charge is -2.26. The van der Waals surface area contributed by atoms with Crippen molar-refractivity contribution in [3.05, 3.63) is 75.1 Å². The predicted molar refractivity (Wildman–Crippen MR) is 101 cm³/mol. The van der Waals surface area contributed by atoms with Gasteiger partial charge in [0.2, 0.25) is 5.43 Å². The van der Waals surface area contributed by atoms with Gasteiger partial charge in [0.15, 0.2) is 5.69 Å². The molecule has 3 aromatic rings. The van der Waals surface area contributed by atoms with E-state index in [1.165, 1.54) is 5.56 Å². The molecule has 1 amide bonds. The Bertz CT molecular complexity index is 1070. The Morgan fingerprint density at radius 2 is 2.04 bits per heavy atom. The number of nitrogens with one attached hydrogen (secondary N) is 1. The van der Waals surface area contributed by atoms with Crippen molar-refractivity contribution in [2.75, 3.05) is 0 Å². The highest BCUT2D eigenvalue weighted by atomic mass is 16.2. The smallest absolute Gasteiger partial charge is 0.276 e. The third-order valence-corrected chi connectivity index (χ3v) is 5.10. The van der Waals surface area contributed by atoms with Crippen LogP contribution in [0.25, 0.3) is 10.9 Å². The van der Waals surface area contributed by atoms with Gasteiger partial charge < -0.3 is 5.32 Å². The summed E-state index contributed by atoms with van der Waals surface area (Å²) in [6, 6.07) is 13.7. The minimum Gasteiger partial charge on any atom is -0.344 e. The predicted octanol–water partition coefficient (Wildman–Crippen LogP) is 3.05. The summed E-state index contributed by atoms with van der Waals surface area (Å²) < 4.78 is 1.60. The molecule has 1 aromatic heterocycles. The second kappa shape index (κ2) is 6.41. The Morgan fingerprint density at radius 3 is 2.88 bits per heavy atom. The van der Waals surface area contributed by atoms with E-state index < -0.39 is 5.91 Å². The molecule has 0 fully saturated rings. The van der Waals surface area contributed by atoms with Crippen LogP contribution >= 0.6 is 0 Å². The van der Waals surface area contributed by atoms with Gasteiger partial charge in [0.1, 0.15) is 0 Å². The quantitative estimate of drug-likeness (QED) is 0.775. The normalized spacial score (nSPS) is 16.3. The molecule has 2 aromatic carbocycles. The van der Waals surface area contributed by atoms with E-state index in [0.29, 0.717) is 5.39 Å². The summed E-state index contributed by atoms with van der Waals surface area (Å²) in [6.07, 6.45) is 2.91. The van der Waals surface area contributed by atoms with Crippen molar-refractivity contribution in [1.82, 2.24) is 15.1 Å². The molecular weight excluding hydrogens is 326 g/mol. The highest BCUT2D eigenvalue weighted by Gasteiger charge is 2.24. The maximum absolute atomic E-state index is 12.8. The standard InChI is InChI=1S/C21H21N3O2/c1-13-10-11-18-16(12-13)20(25)19(23-24(18)2)21(26)22-17-9-5-7-14-6-3-4-8-15(14)17/h3-4,6,8,10-12,17H,5,7,9H2,1-2H3,(H,22,26). The number of benzene rings is 2. The molecule has 1 atom stereocenters. The van der Waals surface area contributed by atoms with Crippen LogP contribution in [0.2, 0.25) is 0 Å². The van der Waals surface area contributed by atoms with Crippen molar-refractivity contribution < 1.29 is 4.79 Å². The average Bonchev–Trinajstić information content (AvgIpc) is 2.65. The number of aryl methyl sites for hydroxylation is 3. The van der Waals surface area contributed by atoms with Gasteiger partial charge in [-0.15, -0.1) is 0 Å². The Kier molecular flexibility index (Phi) is 4.07. The van der Waals surface area contributed by atoms with Crippen molar-refractivity contribution >= 4 is 16.8 Å². The minimum atomic E-state index is -0.407. The maximum atomic E-state index is 12.8. The van der Waals surface area contributed by atoms with E-state index in [1.54, 1.807) is 11.7 Å². The number of fused-ring (bicyclic) bond motifs is 2. The van der Waals surface area contributed by atoms with Gasteiger partial charge in [-0.3, -0.25) is 14.3 Å². The second-order valence-corrected chi connectivity index (χ2v) is 6.94. The molecule has 0 spiro atoms. The van der Waals surface area contributed by atoms with Crippen LogP contribution in [0.4, 0.5) is 0 Å². The van der Waals surface area contributed by atoms with E-state index in [9.17, 15) is 9.59 Å². The second-order valence-electron chi connectivity index (χ2n) is 6.94. The van der Waals surface area contributed by atoms with Gasteiger partial charge in [-0.2, -0.15) is 5.10 Å². The first kappa shape index (κ1) is 16.5. The van der Waals surface area contributed by atoms with Crippen LogP contribution in [0.5, 0.6) is 0 Å². The van der Waals surface area contributed by atoms with Gasteiger partial charge in [-0.25, -0.2) is 0 Å². The van der Waals surface area contributed by atoms with Crippen molar-refractivity contribution in [3.8, 4) is 0 Å². The fourth-order valence-corrected chi connectivity index (χ4v) is 3.77. The zero-order valence-electron chi connectivity index (χ0n) is 15.0. The van der Waals surface area contributed by atoms with E-state index >= 15 is 0 Å². The third-order valence-electron chi connectivity index (χ3n) is 5.10. The fourth-order valence-electron chi connectivity index (χ4n) is 3.77. The molecular formula is C21H21N3O2. The zero-order valence-corrected chi connectivity index (χ0v) is 15.0. The lowest BCUT2D eigenvalue weighted by molar-refractivity contribution is 0.0924. The molecule has 4 rings (SSSR count). The van der Waals surface area contributed by atoms with Crippen LogP contribution < -0.4 is 10.7 Å². The molecule has 5 heteroatoms. The molecule has 0 aliphatic heterocycles. The highest BCUT2D eigenvalue weighted by Crippen LogP contribution is 2.29. The van der Waals surface area contributed by atoms with Gasteiger partial charge >= 0.3 is 0 Å². The Labute approximate surface area is 151 Å². The van der Waals surface area contributed by atoms with Crippen molar-refractivity contribution in [2.24, 2.45) is 7.05 Å². The minimum absolute atomic E-state index is 0.0475. The van der Waals surface area contributed by atoms with Gasteiger partial charge in [0.05, 0.1) is 16.9 Å². The summed E-state index contributed by atoms with van der Waals surface area (Å²) in [5, 5.41) is 7.79. The number of aromatic nitrogens is 2. The van der Waals surface area contributed by atoms with Crippen molar-refractivity contribution in [2.45, 2.75) is 32.2 Å². The molecule has 0 saturated heterocycles. The Hall–Kier alpha value is -2.95. The first-order chi connectivity index (χ1) is 12.5. The maximum Gasteiger partial charge on any atom is 0.276 e. The molecule has 132 valence electrons. The highest BCUT2D eigenvalue weighted by molar-refractivity contribution is 5.95. The average molecular weight is 347 g/mol. The number of hydrogen-bond donors (Lipinski definition) is 1. The summed E-state index contributed by atoms with van der Waals surface area (Å²) in [6.45, 7) is 1.93. The molecule has 1 N–H and O–H groups in total. The zero-order chi connectivity index (χ0) is 18.3. The third kappa shape index (κ3) is 2.79. The number of hydrogen-bond acceptors (Lipinski definition) is 3. The Morgan fingerprint density at radius 1 is 1.23 bits per heavy atom. The monoisotopic (exact) mass is 347 g/mol. The van der Waals surface area contributed by atoms with Gasteiger partial charge in [-0.05, 0) is 49.4 Å². The first-order valence-corrected chi connectivity index (χ1v) is 8.91. The summed E-state index contributed by atoms with van der Waals surface area (Å²) in [4.78, 5) is 25.7. The van der Waals surface area contributed by atoms with Gasteiger partial charge in [0.25, 0.3) is 5.91 Å². The molecule has 1 aliphatic rings. The van der Waals surface area contributed by atoms with E-state index in [2.05, 4.69) is 22.5 Å². The van der Waals surface area contributed by atoms with Crippen LogP contribution in [-0.2, 0) is 13.5 Å². The van der Waals surface area contributed by atoms with Crippen molar-refractivity contribution in [3.63, 3.8) is 0 Å². The van der Waals surface area contributed by atoms with Gasteiger partial charge in [-0.1, -0.05) is 35.9 Å². The molecule has 1 aliphatic carbocycles. The van der Waals surface area contributed by atoms with Crippen LogP contribution in [0, 0.1) is 6.92 Å². The topological polar surface area (TPSA) is 64.0 Å². The van der Waals surface area contributed by atoms with E-state index in [0.717, 1.165) is 35.9 Å². The number of carbonyl (C=O) groups excluding carboxylic acids is 1. The molecule has 0 saturated carbocycles. The summed E-state index contributed by atoms with van der Waals surface area (Å²) >= 11 is 0. The number of nitrogens with zero attached hydrogens (tertiary/aromatic N) is 2. The molecule has 1 heterocycles. The van der Waals surface area contributed by atoms with E-state index in [-0.39, 0.29) is 17.2 Å². The number of carbonyl (C=O) groups is 1. The van der Waals surface area contributed by atoms with Gasteiger partial charge in [0, 0.05) is 7.05 Å². The summed E-state index contributed by atoms with van der Waals surface area (Å²) in [7, 11) is 1.75. The van der Waals surface area contributed by atoms with Crippen LogP contribution in [0.1, 0.15) is 46.1 Å². The van der Waals surface area contributed by atoms with Crippen molar-refractivity contribution in [1.29, 1.82) is 0 Å². The molecule has 0 bridgehead atoms. The van der Waals surface area contributed by atoms with E-state index in [1.807, 2.05) is 37.3 Å². The van der Waals surface area contributed by atoms with Crippen LogP contribution in [0.3, 0.4) is 0 Å². The molecule has 1 unspecified atom stereocenters. The first-order valence-electron chi connectivity index (χ1n) is 8.91. The van der Waals surface area contributed by atoms with E-state index in [4.69, 9.17) is 0 Å². The number of amides is 1. The molecule has 5 nitrogen and oxygen atoms in total.